The van der Waals surface area contributed by atoms with Crippen molar-refractivity contribution in [2.24, 2.45) is 5.41 Å². The average Bonchev–Trinajstić information content (AvgIpc) is 3.42. The zero-order valence-electron chi connectivity index (χ0n) is 23.8. The van der Waals surface area contributed by atoms with Gasteiger partial charge in [0, 0.05) is 71.1 Å². The van der Waals surface area contributed by atoms with Crippen molar-refractivity contribution in [3.8, 4) is 11.4 Å². The Balaban J connectivity index is 0.00000141. The minimum atomic E-state index is 0.375. The van der Waals surface area contributed by atoms with Crippen molar-refractivity contribution in [3.63, 3.8) is 0 Å². The summed E-state index contributed by atoms with van der Waals surface area (Å²) in [6, 6.07) is 26.9. The Hall–Kier alpha value is -4.95. The van der Waals surface area contributed by atoms with E-state index in [1.165, 1.54) is 5.69 Å². The maximum atomic E-state index is 5.45. The summed E-state index contributed by atoms with van der Waals surface area (Å²) in [5.41, 5.74) is 9.48. The van der Waals surface area contributed by atoms with Gasteiger partial charge in [-0.3, -0.25) is 9.97 Å². The number of imidazole rings is 1. The lowest BCUT2D eigenvalue weighted by Gasteiger charge is -2.56. The molecule has 2 aliphatic rings. The Labute approximate surface area is 244 Å². The molecule has 1 spiro atoms. The summed E-state index contributed by atoms with van der Waals surface area (Å²) in [6.45, 7) is 7.89. The van der Waals surface area contributed by atoms with E-state index < -0.39 is 0 Å². The molecule has 8 rings (SSSR count). The number of rotatable bonds is 6. The second kappa shape index (κ2) is 10.8. The monoisotopic (exact) mass is 555 g/mol. The number of nitrogens with zero attached hydrogens (tertiary/aromatic N) is 4. The molecule has 42 heavy (non-hydrogen) atoms. The second-order valence-electron chi connectivity index (χ2n) is 10.8. The van der Waals surface area contributed by atoms with Crippen LogP contribution in [0.2, 0.25) is 0 Å². The number of fused-ring (bicyclic) bond motifs is 2. The van der Waals surface area contributed by atoms with E-state index >= 15 is 0 Å². The van der Waals surface area contributed by atoms with Crippen molar-refractivity contribution >= 4 is 50.4 Å². The predicted octanol–water partition coefficient (Wildman–Crippen LogP) is 7.52. The summed E-state index contributed by atoms with van der Waals surface area (Å²) in [7, 11) is 0. The summed E-state index contributed by atoms with van der Waals surface area (Å²) < 4.78 is 5.45. The molecule has 6 aromatic rings. The van der Waals surface area contributed by atoms with Crippen molar-refractivity contribution in [1.82, 2.24) is 19.9 Å². The largest absolute Gasteiger partial charge is 0.380 e. The molecule has 8 nitrogen and oxygen atoms in total. The molecule has 0 aliphatic carbocycles. The molecule has 2 fully saturated rings. The van der Waals surface area contributed by atoms with Crippen LogP contribution in [0.15, 0.2) is 97.5 Å². The Morgan fingerprint density at radius 1 is 0.786 bits per heavy atom. The zero-order valence-corrected chi connectivity index (χ0v) is 23.8. The van der Waals surface area contributed by atoms with Crippen LogP contribution in [-0.4, -0.2) is 46.2 Å². The topological polar surface area (TPSA) is 91.0 Å². The quantitative estimate of drug-likeness (QED) is 0.196. The van der Waals surface area contributed by atoms with Gasteiger partial charge in [0.05, 0.1) is 35.2 Å². The molecule has 8 heteroatoms. The van der Waals surface area contributed by atoms with E-state index in [0.29, 0.717) is 5.41 Å². The van der Waals surface area contributed by atoms with Crippen molar-refractivity contribution in [1.29, 1.82) is 0 Å². The molecule has 3 aromatic carbocycles. The third-order valence-electron chi connectivity index (χ3n) is 7.83. The highest BCUT2D eigenvalue weighted by atomic mass is 16.5. The van der Waals surface area contributed by atoms with E-state index in [0.717, 1.165) is 82.4 Å². The van der Waals surface area contributed by atoms with E-state index in [9.17, 15) is 0 Å². The molecule has 0 bridgehead atoms. The molecule has 210 valence electrons. The molecule has 2 saturated heterocycles. The summed E-state index contributed by atoms with van der Waals surface area (Å²) >= 11 is 0. The molecule has 2 aliphatic heterocycles. The van der Waals surface area contributed by atoms with Crippen LogP contribution in [0.1, 0.15) is 13.8 Å². The van der Waals surface area contributed by atoms with Crippen LogP contribution < -0.4 is 15.5 Å². The lowest BCUT2D eigenvalue weighted by Crippen LogP contribution is -2.66. The average molecular weight is 556 g/mol. The fourth-order valence-electron chi connectivity index (χ4n) is 5.69. The number of hydrogen-bond donors (Lipinski definition) is 3. The summed E-state index contributed by atoms with van der Waals surface area (Å²) in [4.78, 5) is 19.5. The van der Waals surface area contributed by atoms with E-state index in [-0.39, 0.29) is 0 Å². The van der Waals surface area contributed by atoms with Gasteiger partial charge in [-0.2, -0.15) is 0 Å². The number of pyridine rings is 2. The molecule has 0 radical (unpaired) electrons. The standard InChI is InChI=1S/C32H27N7O.C2H6/c1-2-21(31-37-29-6-4-24(15-30(29)38-31)35-22-8-11-33-12-9-22)14-23(3-1)36-28-10-13-34-27-7-5-25(16-26(27)28)39-17-32(18-39)19-40-20-32;1-2/h1-16H,17-20H2,(H,33,35)(H,34,36)(H,37,38);1-2H3. The predicted molar refractivity (Wildman–Crippen MR) is 171 cm³/mol. The third-order valence-corrected chi connectivity index (χ3v) is 7.83. The van der Waals surface area contributed by atoms with Crippen LogP contribution in [0, 0.1) is 5.41 Å². The van der Waals surface area contributed by atoms with Crippen LogP contribution >= 0.6 is 0 Å². The molecule has 3 aromatic heterocycles. The van der Waals surface area contributed by atoms with Crippen molar-refractivity contribution in [2.75, 3.05) is 41.8 Å². The maximum Gasteiger partial charge on any atom is 0.138 e. The van der Waals surface area contributed by atoms with Crippen LogP contribution in [-0.2, 0) is 4.74 Å². The number of aromatic amines is 1. The molecule has 0 saturated carbocycles. The van der Waals surface area contributed by atoms with Gasteiger partial charge in [0.15, 0.2) is 0 Å². The van der Waals surface area contributed by atoms with Gasteiger partial charge in [0.2, 0.25) is 0 Å². The van der Waals surface area contributed by atoms with Crippen LogP contribution in [0.3, 0.4) is 0 Å². The Kier molecular flexibility index (Phi) is 6.68. The van der Waals surface area contributed by atoms with E-state index in [1.807, 2.05) is 50.4 Å². The molecular weight excluding hydrogens is 522 g/mol. The Morgan fingerprint density at radius 3 is 2.40 bits per heavy atom. The molecule has 3 N–H and O–H groups in total. The molecule has 0 unspecified atom stereocenters. The van der Waals surface area contributed by atoms with E-state index in [2.05, 4.69) is 79.0 Å². The maximum absolute atomic E-state index is 5.45. The first-order valence-electron chi connectivity index (χ1n) is 14.5. The Bertz CT molecular complexity index is 1860. The van der Waals surface area contributed by atoms with Gasteiger partial charge < -0.3 is 25.3 Å². The minimum Gasteiger partial charge on any atom is -0.380 e. The highest BCUT2D eigenvalue weighted by molar-refractivity contribution is 5.95. The number of benzene rings is 3. The number of nitrogens with one attached hydrogen (secondary N) is 3. The van der Waals surface area contributed by atoms with Crippen molar-refractivity contribution in [2.45, 2.75) is 13.8 Å². The van der Waals surface area contributed by atoms with E-state index in [4.69, 9.17) is 9.72 Å². The van der Waals surface area contributed by atoms with Crippen LogP contribution in [0.5, 0.6) is 0 Å². The van der Waals surface area contributed by atoms with Gasteiger partial charge in [-0.05, 0) is 66.7 Å². The summed E-state index contributed by atoms with van der Waals surface area (Å²) in [5.74, 6) is 0.827. The summed E-state index contributed by atoms with van der Waals surface area (Å²) in [6.07, 6.45) is 5.40. The van der Waals surface area contributed by atoms with Gasteiger partial charge in [0.25, 0.3) is 0 Å². The zero-order chi connectivity index (χ0) is 28.5. The third kappa shape index (κ3) is 4.90. The first-order valence-corrected chi connectivity index (χ1v) is 14.5. The first kappa shape index (κ1) is 26.0. The normalized spacial score (nSPS) is 15.0. The molecule has 5 heterocycles. The second-order valence-corrected chi connectivity index (χ2v) is 10.8. The van der Waals surface area contributed by atoms with Crippen molar-refractivity contribution < 1.29 is 4.74 Å². The fraction of sp³-hybridized carbons (Fsp3) is 0.206. The summed E-state index contributed by atoms with van der Waals surface area (Å²) in [5, 5.41) is 8.15. The number of anilines is 5. The Morgan fingerprint density at radius 2 is 1.60 bits per heavy atom. The first-order chi connectivity index (χ1) is 20.7. The van der Waals surface area contributed by atoms with Gasteiger partial charge in [-0.15, -0.1) is 0 Å². The minimum absolute atomic E-state index is 0.375. The highest BCUT2D eigenvalue weighted by Gasteiger charge is 2.49. The van der Waals surface area contributed by atoms with Crippen LogP contribution in [0.25, 0.3) is 33.3 Å². The molecule has 0 atom stereocenters. The van der Waals surface area contributed by atoms with Gasteiger partial charge in [-0.1, -0.05) is 26.0 Å². The van der Waals surface area contributed by atoms with E-state index in [1.54, 1.807) is 12.4 Å². The fourth-order valence-corrected chi connectivity index (χ4v) is 5.69. The number of aromatic nitrogens is 4. The number of ether oxygens (including phenoxy) is 1. The van der Waals surface area contributed by atoms with Crippen LogP contribution in [0.4, 0.5) is 28.4 Å². The lowest BCUT2D eigenvalue weighted by atomic mass is 9.78. The van der Waals surface area contributed by atoms with Gasteiger partial charge in [0.1, 0.15) is 5.82 Å². The smallest absolute Gasteiger partial charge is 0.138 e. The SMILES string of the molecule is CC.c1cc(Nc2ccnc3ccc(N4CC5(COC5)C4)cc23)cc(-c2nc3ccc(Nc4ccncc4)cc3[nH]2)c1. The number of hydrogen-bond acceptors (Lipinski definition) is 7. The highest BCUT2D eigenvalue weighted by Crippen LogP contribution is 2.41. The van der Waals surface area contributed by atoms with Gasteiger partial charge in [-0.25, -0.2) is 4.98 Å². The van der Waals surface area contributed by atoms with Crippen molar-refractivity contribution in [3.05, 3.63) is 97.5 Å². The molecular formula is C34H33N7O. The lowest BCUT2D eigenvalue weighted by molar-refractivity contribution is -0.127. The molecule has 0 amide bonds. The van der Waals surface area contributed by atoms with Gasteiger partial charge >= 0.3 is 0 Å². The number of H-pyrrole nitrogens is 1.